The maximum absolute atomic E-state index is 13.2. The Morgan fingerprint density at radius 3 is 2.45 bits per heavy atom. The van der Waals surface area contributed by atoms with Crippen molar-refractivity contribution in [1.82, 2.24) is 10.2 Å². The molecular formula is C25H23ClN2O3. The molecule has 3 aromatic carbocycles. The minimum absolute atomic E-state index is 0.148. The number of carbonyl (C=O) groups is 2. The second-order valence-electron chi connectivity index (χ2n) is 7.63. The first kappa shape index (κ1) is 20.9. The Balaban J connectivity index is 1.47. The lowest BCUT2D eigenvalue weighted by Crippen LogP contribution is -2.45. The van der Waals surface area contributed by atoms with Crippen LogP contribution in [0.2, 0.25) is 5.02 Å². The van der Waals surface area contributed by atoms with Crippen LogP contribution in [-0.4, -0.2) is 34.4 Å². The molecule has 0 spiro atoms. The minimum atomic E-state index is -0.482. The van der Waals surface area contributed by atoms with Gasteiger partial charge in [0.15, 0.2) is 0 Å². The van der Waals surface area contributed by atoms with Crippen molar-refractivity contribution >= 4 is 23.4 Å². The van der Waals surface area contributed by atoms with Crippen LogP contribution in [0.15, 0.2) is 72.8 Å². The van der Waals surface area contributed by atoms with Crippen LogP contribution < -0.4 is 5.32 Å². The van der Waals surface area contributed by atoms with E-state index in [-0.39, 0.29) is 17.6 Å². The molecule has 158 valence electrons. The monoisotopic (exact) mass is 434 g/mol. The second-order valence-corrected chi connectivity index (χ2v) is 8.07. The maximum atomic E-state index is 13.2. The molecule has 2 amide bonds. The van der Waals surface area contributed by atoms with Crippen LogP contribution in [-0.2, 0) is 11.3 Å². The molecule has 0 aromatic heterocycles. The van der Waals surface area contributed by atoms with E-state index in [0.29, 0.717) is 30.1 Å². The van der Waals surface area contributed by atoms with Crippen molar-refractivity contribution in [3.63, 3.8) is 0 Å². The van der Waals surface area contributed by atoms with Gasteiger partial charge in [0, 0.05) is 23.7 Å². The van der Waals surface area contributed by atoms with Crippen molar-refractivity contribution in [3.8, 4) is 16.9 Å². The summed E-state index contributed by atoms with van der Waals surface area (Å²) >= 11 is 5.90. The molecule has 0 bridgehead atoms. The number of nitrogens with zero attached hydrogens (tertiary/aromatic N) is 1. The topological polar surface area (TPSA) is 69.6 Å². The van der Waals surface area contributed by atoms with Gasteiger partial charge >= 0.3 is 0 Å². The summed E-state index contributed by atoms with van der Waals surface area (Å²) in [6, 6.07) is 21.0. The number of halogens is 1. The third kappa shape index (κ3) is 4.89. The highest BCUT2D eigenvalue weighted by molar-refractivity contribution is 6.30. The maximum Gasteiger partial charge on any atom is 0.254 e. The summed E-state index contributed by atoms with van der Waals surface area (Å²) < 4.78 is 0. The molecule has 1 aliphatic rings. The summed E-state index contributed by atoms with van der Waals surface area (Å²) in [5.41, 5.74) is 3.14. The molecule has 3 aromatic rings. The number of rotatable bonds is 5. The molecule has 1 atom stereocenters. The van der Waals surface area contributed by atoms with E-state index in [1.807, 2.05) is 30.3 Å². The number of hydrogen-bond donors (Lipinski definition) is 2. The number of likely N-dealkylation sites (tertiary alicyclic amines) is 1. The zero-order valence-electron chi connectivity index (χ0n) is 16.9. The SMILES string of the molecule is O=C(NCc1ccc(Cl)cc1)C1CCCN1C(=O)c1cccc(-c2cccc(O)c2)c1. The number of hydrogen-bond acceptors (Lipinski definition) is 3. The molecular weight excluding hydrogens is 412 g/mol. The standard InChI is InChI=1S/C25H23ClN2O3/c26-21-11-9-17(10-12-21)16-27-24(30)23-8-3-13-28(23)25(31)20-6-1-4-18(14-20)19-5-2-7-22(29)15-19/h1-2,4-7,9-12,14-15,23,29H,3,8,13,16H2,(H,27,30). The Hall–Kier alpha value is -3.31. The average Bonchev–Trinajstić information content (AvgIpc) is 3.28. The molecule has 6 heteroatoms. The van der Waals surface area contributed by atoms with Crippen molar-refractivity contribution in [2.24, 2.45) is 0 Å². The number of nitrogens with one attached hydrogen (secondary N) is 1. The zero-order valence-corrected chi connectivity index (χ0v) is 17.7. The lowest BCUT2D eigenvalue weighted by molar-refractivity contribution is -0.125. The third-order valence-electron chi connectivity index (χ3n) is 5.49. The van der Waals surface area contributed by atoms with E-state index >= 15 is 0 Å². The minimum Gasteiger partial charge on any atom is -0.508 e. The molecule has 1 heterocycles. The highest BCUT2D eigenvalue weighted by Gasteiger charge is 2.34. The van der Waals surface area contributed by atoms with Crippen molar-refractivity contribution in [3.05, 3.63) is 88.9 Å². The quantitative estimate of drug-likeness (QED) is 0.615. The average molecular weight is 435 g/mol. The molecule has 1 fully saturated rings. The van der Waals surface area contributed by atoms with Gasteiger partial charge < -0.3 is 15.3 Å². The van der Waals surface area contributed by atoms with E-state index in [9.17, 15) is 14.7 Å². The van der Waals surface area contributed by atoms with E-state index in [1.54, 1.807) is 47.4 Å². The Morgan fingerprint density at radius 1 is 1.00 bits per heavy atom. The molecule has 0 saturated carbocycles. The lowest BCUT2D eigenvalue weighted by atomic mass is 10.0. The van der Waals surface area contributed by atoms with Gasteiger partial charge in [-0.1, -0.05) is 48.0 Å². The Bertz CT molecular complexity index is 1100. The van der Waals surface area contributed by atoms with Crippen molar-refractivity contribution < 1.29 is 14.7 Å². The number of carbonyl (C=O) groups excluding carboxylic acids is 2. The second kappa shape index (κ2) is 9.23. The van der Waals surface area contributed by atoms with Crippen LogP contribution in [0.5, 0.6) is 5.75 Å². The summed E-state index contributed by atoms with van der Waals surface area (Å²) in [5.74, 6) is -0.137. The van der Waals surface area contributed by atoms with E-state index in [4.69, 9.17) is 11.6 Å². The largest absolute Gasteiger partial charge is 0.508 e. The smallest absolute Gasteiger partial charge is 0.254 e. The predicted molar refractivity (Wildman–Crippen MR) is 121 cm³/mol. The van der Waals surface area contributed by atoms with Crippen LogP contribution in [0.4, 0.5) is 0 Å². The van der Waals surface area contributed by atoms with Crippen LogP contribution in [0.25, 0.3) is 11.1 Å². The Morgan fingerprint density at radius 2 is 1.71 bits per heavy atom. The number of phenolic OH excluding ortho intramolecular Hbond substituents is 1. The third-order valence-corrected chi connectivity index (χ3v) is 5.74. The molecule has 4 rings (SSSR count). The first-order chi connectivity index (χ1) is 15.0. The van der Waals surface area contributed by atoms with Gasteiger partial charge in [-0.3, -0.25) is 9.59 Å². The van der Waals surface area contributed by atoms with Gasteiger partial charge in [-0.05, 0) is 65.9 Å². The van der Waals surface area contributed by atoms with Gasteiger partial charge in [-0.2, -0.15) is 0 Å². The van der Waals surface area contributed by atoms with Gasteiger partial charge in [-0.25, -0.2) is 0 Å². The van der Waals surface area contributed by atoms with Crippen LogP contribution in [0.1, 0.15) is 28.8 Å². The first-order valence-corrected chi connectivity index (χ1v) is 10.6. The summed E-state index contributed by atoms with van der Waals surface area (Å²) in [5, 5.41) is 13.3. The highest BCUT2D eigenvalue weighted by atomic mass is 35.5. The van der Waals surface area contributed by atoms with Crippen molar-refractivity contribution in [2.75, 3.05) is 6.54 Å². The van der Waals surface area contributed by atoms with Gasteiger partial charge in [0.05, 0.1) is 0 Å². The van der Waals surface area contributed by atoms with E-state index in [0.717, 1.165) is 23.1 Å². The van der Waals surface area contributed by atoms with E-state index in [1.165, 1.54) is 0 Å². The predicted octanol–water partition coefficient (Wildman–Crippen LogP) is 4.63. The van der Waals surface area contributed by atoms with Gasteiger partial charge in [0.2, 0.25) is 5.91 Å². The fraction of sp³-hybridized carbons (Fsp3) is 0.200. The Labute approximate surface area is 186 Å². The molecule has 5 nitrogen and oxygen atoms in total. The molecule has 1 unspecified atom stereocenters. The molecule has 2 N–H and O–H groups in total. The van der Waals surface area contributed by atoms with Gasteiger partial charge in [-0.15, -0.1) is 0 Å². The van der Waals surface area contributed by atoms with E-state index < -0.39 is 6.04 Å². The molecule has 31 heavy (non-hydrogen) atoms. The molecule has 1 aliphatic heterocycles. The molecule has 1 saturated heterocycles. The number of phenols is 1. The molecule has 0 aliphatic carbocycles. The van der Waals surface area contributed by atoms with Gasteiger partial charge in [0.25, 0.3) is 5.91 Å². The zero-order chi connectivity index (χ0) is 21.8. The first-order valence-electron chi connectivity index (χ1n) is 10.2. The van der Waals surface area contributed by atoms with Crippen LogP contribution in [0, 0.1) is 0 Å². The van der Waals surface area contributed by atoms with Crippen molar-refractivity contribution in [1.29, 1.82) is 0 Å². The number of aromatic hydroxyl groups is 1. The number of benzene rings is 3. The summed E-state index contributed by atoms with van der Waals surface area (Å²) in [7, 11) is 0. The normalized spacial score (nSPS) is 15.6. The van der Waals surface area contributed by atoms with Gasteiger partial charge in [0.1, 0.15) is 11.8 Å². The van der Waals surface area contributed by atoms with Crippen LogP contribution in [0.3, 0.4) is 0 Å². The number of amides is 2. The summed E-state index contributed by atoms with van der Waals surface area (Å²) in [6.45, 7) is 0.940. The highest BCUT2D eigenvalue weighted by Crippen LogP contribution is 2.26. The van der Waals surface area contributed by atoms with E-state index in [2.05, 4.69) is 5.32 Å². The van der Waals surface area contributed by atoms with Crippen molar-refractivity contribution in [2.45, 2.75) is 25.4 Å². The lowest BCUT2D eigenvalue weighted by Gasteiger charge is -2.24. The summed E-state index contributed by atoms with van der Waals surface area (Å²) in [6.07, 6.45) is 1.43. The summed E-state index contributed by atoms with van der Waals surface area (Å²) in [4.78, 5) is 27.7. The Kier molecular flexibility index (Phi) is 6.23. The fourth-order valence-electron chi connectivity index (χ4n) is 3.87. The van der Waals surface area contributed by atoms with Crippen LogP contribution >= 0.6 is 11.6 Å². The fourth-order valence-corrected chi connectivity index (χ4v) is 4.00. The molecule has 0 radical (unpaired) electrons.